The highest BCUT2D eigenvalue weighted by molar-refractivity contribution is 7.20. The third kappa shape index (κ3) is 4.15. The highest BCUT2D eigenvalue weighted by Crippen LogP contribution is 2.33. The summed E-state index contributed by atoms with van der Waals surface area (Å²) in [7, 11) is 0. The van der Waals surface area contributed by atoms with Gasteiger partial charge in [-0.15, -0.1) is 11.3 Å². The lowest BCUT2D eigenvalue weighted by atomic mass is 9.90. The minimum absolute atomic E-state index is 0.0831. The normalized spacial score (nSPS) is 26.8. The Hall–Kier alpha value is -1.48. The van der Waals surface area contributed by atoms with Crippen LogP contribution >= 0.6 is 11.3 Å². The van der Waals surface area contributed by atoms with E-state index in [1.165, 1.54) is 12.8 Å². The number of carbonyl (C=O) groups is 1. The second-order valence-electron chi connectivity index (χ2n) is 8.97. The predicted molar refractivity (Wildman–Crippen MR) is 119 cm³/mol. The van der Waals surface area contributed by atoms with E-state index in [-0.39, 0.29) is 5.91 Å². The first kappa shape index (κ1) is 20.4. The number of fused-ring (bicyclic) bond motifs is 1. The molecule has 4 heterocycles. The van der Waals surface area contributed by atoms with Crippen LogP contribution in [0.4, 0.5) is 0 Å². The van der Waals surface area contributed by atoms with Gasteiger partial charge in [-0.25, -0.2) is 0 Å². The average molecular weight is 432 g/mol. The van der Waals surface area contributed by atoms with Crippen LogP contribution in [0.1, 0.15) is 59.9 Å². The average Bonchev–Trinajstić information content (AvgIpc) is 3.36. The fourth-order valence-electron chi connectivity index (χ4n) is 5.25. The number of hydrogen-bond donors (Lipinski definition) is 2. The Balaban J connectivity index is 1.22. The summed E-state index contributed by atoms with van der Waals surface area (Å²) >= 11 is 1.59. The highest BCUT2D eigenvalue weighted by atomic mass is 32.1. The van der Waals surface area contributed by atoms with Crippen LogP contribution in [0.25, 0.3) is 10.2 Å². The van der Waals surface area contributed by atoms with Gasteiger partial charge in [-0.2, -0.15) is 5.10 Å². The maximum atomic E-state index is 13.0. The third-order valence-electron chi connectivity index (χ3n) is 7.03. The molecule has 0 radical (unpaired) electrons. The van der Waals surface area contributed by atoms with Gasteiger partial charge in [-0.1, -0.05) is 0 Å². The number of piperazine rings is 1. The molecule has 2 aromatic rings. The van der Waals surface area contributed by atoms with Crippen LogP contribution in [-0.4, -0.2) is 72.1 Å². The van der Waals surface area contributed by atoms with Crippen LogP contribution < -0.4 is 10.6 Å². The van der Waals surface area contributed by atoms with Crippen molar-refractivity contribution in [1.82, 2.24) is 25.3 Å². The van der Waals surface area contributed by atoms with Crippen molar-refractivity contribution < 1.29 is 9.53 Å². The zero-order valence-corrected chi connectivity index (χ0v) is 18.7. The lowest BCUT2D eigenvalue weighted by Gasteiger charge is -2.39. The fourth-order valence-corrected chi connectivity index (χ4v) is 6.39. The molecular weight excluding hydrogens is 398 g/mol. The van der Waals surface area contributed by atoms with E-state index in [4.69, 9.17) is 9.84 Å². The zero-order valence-electron chi connectivity index (χ0n) is 17.9. The molecule has 2 aromatic heterocycles. The van der Waals surface area contributed by atoms with Gasteiger partial charge in [0.2, 0.25) is 0 Å². The summed E-state index contributed by atoms with van der Waals surface area (Å²) in [6.45, 7) is 8.16. The van der Waals surface area contributed by atoms with Crippen LogP contribution in [-0.2, 0) is 4.74 Å². The fraction of sp³-hybridized carbons (Fsp3) is 0.727. The Bertz CT molecular complexity index is 874. The maximum absolute atomic E-state index is 13.0. The Morgan fingerprint density at radius 1 is 1.13 bits per heavy atom. The standard InChI is InChI=1S/C22H33N5O2S/c1-15-19-14-20(30-22(19)27(25-15)18-6-12-29-13-7-18)21(28)24-16-2-4-17(5-3-16)26-10-8-23-9-11-26/h14,16-18,23H,2-13H2,1H3,(H,24,28). The van der Waals surface area contributed by atoms with Gasteiger partial charge < -0.3 is 15.4 Å². The number of nitrogens with one attached hydrogen (secondary N) is 2. The van der Waals surface area contributed by atoms with Crippen LogP contribution in [0.3, 0.4) is 0 Å². The summed E-state index contributed by atoms with van der Waals surface area (Å²) in [5.74, 6) is 0.0831. The van der Waals surface area contributed by atoms with Crippen molar-refractivity contribution in [2.24, 2.45) is 0 Å². The topological polar surface area (TPSA) is 71.4 Å². The summed E-state index contributed by atoms with van der Waals surface area (Å²) in [5, 5.41) is 12.7. The number of aromatic nitrogens is 2. The number of ether oxygens (including phenoxy) is 1. The molecule has 3 fully saturated rings. The Morgan fingerprint density at radius 3 is 2.60 bits per heavy atom. The molecule has 0 aromatic carbocycles. The minimum atomic E-state index is 0.0831. The monoisotopic (exact) mass is 431 g/mol. The molecule has 0 bridgehead atoms. The van der Waals surface area contributed by atoms with Crippen LogP contribution in [0.2, 0.25) is 0 Å². The van der Waals surface area contributed by atoms with E-state index >= 15 is 0 Å². The zero-order chi connectivity index (χ0) is 20.5. The van der Waals surface area contributed by atoms with Gasteiger partial charge in [-0.3, -0.25) is 14.4 Å². The molecule has 2 saturated heterocycles. The lowest BCUT2D eigenvalue weighted by molar-refractivity contribution is 0.0675. The van der Waals surface area contributed by atoms with E-state index in [0.29, 0.717) is 18.1 Å². The van der Waals surface area contributed by atoms with E-state index in [1.54, 1.807) is 11.3 Å². The van der Waals surface area contributed by atoms with E-state index in [1.807, 2.05) is 13.0 Å². The highest BCUT2D eigenvalue weighted by Gasteiger charge is 2.28. The van der Waals surface area contributed by atoms with Crippen LogP contribution in [0.15, 0.2) is 6.07 Å². The molecule has 7 nitrogen and oxygen atoms in total. The molecule has 8 heteroatoms. The molecule has 164 valence electrons. The van der Waals surface area contributed by atoms with E-state index in [2.05, 4.69) is 20.2 Å². The molecule has 2 N–H and O–H groups in total. The SMILES string of the molecule is Cc1nn(C2CCOCC2)c2sc(C(=O)NC3CCC(N4CCNCC4)CC3)cc12. The molecule has 2 aliphatic heterocycles. The summed E-state index contributed by atoms with van der Waals surface area (Å²) < 4.78 is 7.65. The second-order valence-corrected chi connectivity index (χ2v) is 10.00. The molecule has 30 heavy (non-hydrogen) atoms. The van der Waals surface area contributed by atoms with Crippen molar-refractivity contribution in [3.63, 3.8) is 0 Å². The Kier molecular flexibility index (Phi) is 6.09. The number of rotatable bonds is 4. The van der Waals surface area contributed by atoms with Crippen molar-refractivity contribution in [2.75, 3.05) is 39.4 Å². The molecule has 0 spiro atoms. The van der Waals surface area contributed by atoms with Crippen LogP contribution in [0.5, 0.6) is 0 Å². The number of amides is 1. The molecule has 3 aliphatic rings. The van der Waals surface area contributed by atoms with Crippen molar-refractivity contribution >= 4 is 27.5 Å². The molecule has 0 atom stereocenters. The van der Waals surface area contributed by atoms with Gasteiger partial charge in [-0.05, 0) is 51.5 Å². The molecule has 1 saturated carbocycles. The quantitative estimate of drug-likeness (QED) is 0.779. The van der Waals surface area contributed by atoms with Crippen LogP contribution in [0, 0.1) is 6.92 Å². The largest absolute Gasteiger partial charge is 0.381 e. The maximum Gasteiger partial charge on any atom is 0.261 e. The van der Waals surface area contributed by atoms with Gasteiger partial charge in [0.1, 0.15) is 4.83 Å². The number of hydrogen-bond acceptors (Lipinski definition) is 6. The first-order chi connectivity index (χ1) is 14.7. The Labute approximate surface area is 182 Å². The van der Waals surface area contributed by atoms with E-state index in [0.717, 1.165) is 85.9 Å². The van der Waals surface area contributed by atoms with E-state index < -0.39 is 0 Å². The third-order valence-corrected chi connectivity index (χ3v) is 8.15. The number of thiophene rings is 1. The van der Waals surface area contributed by atoms with Crippen molar-refractivity contribution in [1.29, 1.82) is 0 Å². The van der Waals surface area contributed by atoms with E-state index in [9.17, 15) is 4.79 Å². The molecule has 1 aliphatic carbocycles. The van der Waals surface area contributed by atoms with Gasteiger partial charge >= 0.3 is 0 Å². The van der Waals surface area contributed by atoms with Crippen molar-refractivity contribution in [3.05, 3.63) is 16.6 Å². The first-order valence-corrected chi connectivity index (χ1v) is 12.3. The number of nitrogens with zero attached hydrogens (tertiary/aromatic N) is 3. The smallest absolute Gasteiger partial charge is 0.261 e. The molecular formula is C22H33N5O2S. The Morgan fingerprint density at radius 2 is 1.87 bits per heavy atom. The van der Waals surface area contributed by atoms with Gasteiger partial charge in [0, 0.05) is 56.9 Å². The van der Waals surface area contributed by atoms with Crippen molar-refractivity contribution in [3.8, 4) is 0 Å². The summed E-state index contributed by atoms with van der Waals surface area (Å²) in [6.07, 6.45) is 6.53. The molecule has 0 unspecified atom stereocenters. The predicted octanol–water partition coefficient (Wildman–Crippen LogP) is 2.70. The van der Waals surface area contributed by atoms with Gasteiger partial charge in [0.05, 0.1) is 16.6 Å². The summed E-state index contributed by atoms with van der Waals surface area (Å²) in [5.41, 5.74) is 1.02. The van der Waals surface area contributed by atoms with Gasteiger partial charge in [0.25, 0.3) is 5.91 Å². The second kappa shape index (κ2) is 8.94. The minimum Gasteiger partial charge on any atom is -0.381 e. The first-order valence-electron chi connectivity index (χ1n) is 11.5. The lowest BCUT2D eigenvalue weighted by Crippen LogP contribution is -2.50. The summed E-state index contributed by atoms with van der Waals surface area (Å²) in [4.78, 5) is 17.6. The molecule has 5 rings (SSSR count). The number of aryl methyl sites for hydroxylation is 1. The number of carbonyl (C=O) groups excluding carboxylic acids is 1. The molecule has 1 amide bonds. The summed E-state index contributed by atoms with van der Waals surface area (Å²) in [6, 6.07) is 3.41. The van der Waals surface area contributed by atoms with Gasteiger partial charge in [0.15, 0.2) is 0 Å². The van der Waals surface area contributed by atoms with Crippen molar-refractivity contribution in [2.45, 2.75) is 63.6 Å².